The first-order valence-electron chi connectivity index (χ1n) is 7.74. The molecule has 6 heteroatoms. The van der Waals surface area contributed by atoms with Gasteiger partial charge in [-0.2, -0.15) is 0 Å². The van der Waals surface area contributed by atoms with Crippen LogP contribution in [0.1, 0.15) is 16.7 Å². The second kappa shape index (κ2) is 8.28. The third-order valence-corrected chi connectivity index (χ3v) is 3.60. The highest BCUT2D eigenvalue weighted by Crippen LogP contribution is 2.18. The van der Waals surface area contributed by atoms with Gasteiger partial charge >= 0.3 is 5.97 Å². The molecule has 2 aromatic carbocycles. The number of rotatable bonds is 6. The van der Waals surface area contributed by atoms with Gasteiger partial charge in [-0.15, -0.1) is 0 Å². The van der Waals surface area contributed by atoms with Crippen molar-refractivity contribution in [1.29, 1.82) is 0 Å². The first kappa shape index (κ1) is 18.4. The number of hydrogen-bond donors (Lipinski definition) is 1. The molecule has 25 heavy (non-hydrogen) atoms. The summed E-state index contributed by atoms with van der Waals surface area (Å²) in [6.07, 6.45) is -0.127. The van der Waals surface area contributed by atoms with Crippen LogP contribution in [0.2, 0.25) is 0 Å². The Morgan fingerprint density at radius 3 is 2.56 bits per heavy atom. The fourth-order valence-corrected chi connectivity index (χ4v) is 2.24. The maximum atomic E-state index is 13.6. The Morgan fingerprint density at radius 1 is 1.12 bits per heavy atom. The van der Waals surface area contributed by atoms with Gasteiger partial charge in [0.15, 0.2) is 18.2 Å². The van der Waals surface area contributed by atoms with Crippen LogP contribution >= 0.6 is 0 Å². The lowest BCUT2D eigenvalue weighted by atomic mass is 10.1. The number of benzene rings is 2. The second-order valence-electron chi connectivity index (χ2n) is 5.67. The molecule has 0 aliphatic rings. The van der Waals surface area contributed by atoms with E-state index in [0.717, 1.165) is 11.1 Å². The largest absolute Gasteiger partial charge is 0.494 e. The first-order valence-corrected chi connectivity index (χ1v) is 7.74. The van der Waals surface area contributed by atoms with Crippen molar-refractivity contribution in [2.24, 2.45) is 0 Å². The van der Waals surface area contributed by atoms with Crippen LogP contribution in [0.25, 0.3) is 0 Å². The third kappa shape index (κ3) is 5.31. The van der Waals surface area contributed by atoms with E-state index in [9.17, 15) is 14.0 Å². The molecule has 0 saturated heterocycles. The number of aryl methyl sites for hydroxylation is 2. The number of esters is 1. The monoisotopic (exact) mass is 345 g/mol. The van der Waals surface area contributed by atoms with Crippen LogP contribution in [0.3, 0.4) is 0 Å². The highest BCUT2D eigenvalue weighted by Gasteiger charge is 2.11. The molecular weight excluding hydrogens is 325 g/mol. The quantitative estimate of drug-likeness (QED) is 0.817. The number of carbonyl (C=O) groups excluding carboxylic acids is 2. The SMILES string of the molecule is COc1ccc(CC(=O)OCC(=O)Nc2cc(C)ccc2C)cc1F. The molecule has 1 amide bonds. The predicted octanol–water partition coefficient (Wildman–Crippen LogP) is 3.18. The van der Waals surface area contributed by atoms with E-state index in [0.29, 0.717) is 11.3 Å². The summed E-state index contributed by atoms with van der Waals surface area (Å²) in [5.41, 5.74) is 3.05. The van der Waals surface area contributed by atoms with Gasteiger partial charge in [0.2, 0.25) is 0 Å². The van der Waals surface area contributed by atoms with Gasteiger partial charge in [0.05, 0.1) is 13.5 Å². The van der Waals surface area contributed by atoms with Crippen molar-refractivity contribution in [1.82, 2.24) is 0 Å². The molecule has 2 aromatic rings. The number of amides is 1. The first-order chi connectivity index (χ1) is 11.9. The van der Waals surface area contributed by atoms with Gasteiger partial charge in [-0.05, 0) is 48.7 Å². The van der Waals surface area contributed by atoms with Gasteiger partial charge < -0.3 is 14.8 Å². The number of carbonyl (C=O) groups is 2. The molecule has 0 unspecified atom stereocenters. The van der Waals surface area contributed by atoms with Gasteiger partial charge in [0.25, 0.3) is 5.91 Å². The minimum absolute atomic E-state index is 0.102. The van der Waals surface area contributed by atoms with Gasteiger partial charge in [-0.1, -0.05) is 18.2 Å². The Morgan fingerprint density at radius 2 is 1.88 bits per heavy atom. The van der Waals surface area contributed by atoms with Crippen molar-refractivity contribution < 1.29 is 23.5 Å². The Hall–Kier alpha value is -2.89. The molecule has 0 aliphatic heterocycles. The molecule has 0 atom stereocenters. The summed E-state index contributed by atoms with van der Waals surface area (Å²) in [4.78, 5) is 23.7. The van der Waals surface area contributed by atoms with Crippen LogP contribution in [0, 0.1) is 19.7 Å². The number of anilines is 1. The van der Waals surface area contributed by atoms with Crippen LogP contribution in [-0.2, 0) is 20.7 Å². The Balaban J connectivity index is 1.86. The van der Waals surface area contributed by atoms with Gasteiger partial charge in [-0.25, -0.2) is 4.39 Å². The summed E-state index contributed by atoms with van der Waals surface area (Å²) in [7, 11) is 1.36. The molecule has 1 N–H and O–H groups in total. The summed E-state index contributed by atoms with van der Waals surface area (Å²) in [5.74, 6) is -1.49. The maximum absolute atomic E-state index is 13.6. The number of methoxy groups -OCH3 is 1. The summed E-state index contributed by atoms with van der Waals surface area (Å²) in [6, 6.07) is 9.89. The van der Waals surface area contributed by atoms with E-state index in [1.165, 1.54) is 19.2 Å². The molecule has 0 heterocycles. The van der Waals surface area contributed by atoms with Crippen molar-refractivity contribution in [2.75, 3.05) is 19.0 Å². The summed E-state index contributed by atoms with van der Waals surface area (Å²) in [6.45, 7) is 3.40. The molecule has 132 valence electrons. The van der Waals surface area contributed by atoms with Gasteiger partial charge in [0.1, 0.15) is 0 Å². The van der Waals surface area contributed by atoms with Crippen LogP contribution in [0.4, 0.5) is 10.1 Å². The summed E-state index contributed by atoms with van der Waals surface area (Å²) < 4.78 is 23.3. The Bertz CT molecular complexity index is 789. The lowest BCUT2D eigenvalue weighted by Crippen LogP contribution is -2.22. The van der Waals surface area contributed by atoms with Crippen LogP contribution in [0.5, 0.6) is 5.75 Å². The summed E-state index contributed by atoms with van der Waals surface area (Å²) in [5, 5.41) is 2.70. The molecule has 0 aliphatic carbocycles. The third-order valence-electron chi connectivity index (χ3n) is 3.60. The molecule has 0 fully saturated rings. The molecule has 0 spiro atoms. The van der Waals surface area contributed by atoms with E-state index < -0.39 is 24.3 Å². The fraction of sp³-hybridized carbons (Fsp3) is 0.263. The molecular formula is C19H20FNO4. The average molecular weight is 345 g/mol. The zero-order chi connectivity index (χ0) is 18.4. The zero-order valence-electron chi connectivity index (χ0n) is 14.4. The van der Waals surface area contributed by atoms with Crippen molar-refractivity contribution in [3.8, 4) is 5.75 Å². The van der Waals surface area contributed by atoms with E-state index >= 15 is 0 Å². The molecule has 2 rings (SSSR count). The van der Waals surface area contributed by atoms with Crippen molar-refractivity contribution in [3.05, 3.63) is 58.9 Å². The lowest BCUT2D eigenvalue weighted by Gasteiger charge is -2.10. The Kier molecular flexibility index (Phi) is 6.11. The molecule has 0 radical (unpaired) electrons. The number of ether oxygens (including phenoxy) is 2. The number of halogens is 1. The summed E-state index contributed by atoms with van der Waals surface area (Å²) >= 11 is 0. The number of hydrogen-bond acceptors (Lipinski definition) is 4. The van der Waals surface area contributed by atoms with Gasteiger partial charge in [0, 0.05) is 5.69 Å². The van der Waals surface area contributed by atoms with Crippen LogP contribution in [-0.4, -0.2) is 25.6 Å². The minimum atomic E-state index is -0.610. The standard InChI is InChI=1S/C19H20FNO4/c1-12-4-5-13(2)16(8-12)21-18(22)11-25-19(23)10-14-6-7-17(24-3)15(20)9-14/h4-9H,10-11H2,1-3H3,(H,21,22). The van der Waals surface area contributed by atoms with Gasteiger partial charge in [-0.3, -0.25) is 9.59 Å². The van der Waals surface area contributed by atoms with Crippen molar-refractivity contribution in [3.63, 3.8) is 0 Å². The maximum Gasteiger partial charge on any atom is 0.310 e. The zero-order valence-corrected chi connectivity index (χ0v) is 14.4. The molecule has 5 nitrogen and oxygen atoms in total. The predicted molar refractivity (Wildman–Crippen MR) is 92.2 cm³/mol. The minimum Gasteiger partial charge on any atom is -0.494 e. The van der Waals surface area contributed by atoms with Crippen LogP contribution in [0.15, 0.2) is 36.4 Å². The van der Waals surface area contributed by atoms with E-state index in [2.05, 4.69) is 5.32 Å². The fourth-order valence-electron chi connectivity index (χ4n) is 2.24. The average Bonchev–Trinajstić information content (AvgIpc) is 2.56. The normalized spacial score (nSPS) is 10.2. The van der Waals surface area contributed by atoms with Crippen molar-refractivity contribution >= 4 is 17.6 Å². The van der Waals surface area contributed by atoms with E-state index in [4.69, 9.17) is 9.47 Å². The van der Waals surface area contributed by atoms with E-state index in [-0.39, 0.29) is 12.2 Å². The van der Waals surface area contributed by atoms with E-state index in [1.54, 1.807) is 6.07 Å². The second-order valence-corrected chi connectivity index (χ2v) is 5.67. The molecule has 0 bridgehead atoms. The Labute approximate surface area is 145 Å². The topological polar surface area (TPSA) is 64.6 Å². The van der Waals surface area contributed by atoms with Crippen molar-refractivity contribution in [2.45, 2.75) is 20.3 Å². The van der Waals surface area contributed by atoms with E-state index in [1.807, 2.05) is 32.0 Å². The molecule has 0 saturated carbocycles. The molecule has 0 aromatic heterocycles. The number of nitrogens with one attached hydrogen (secondary N) is 1. The van der Waals surface area contributed by atoms with Crippen LogP contribution < -0.4 is 10.1 Å². The lowest BCUT2D eigenvalue weighted by molar-refractivity contribution is -0.146. The smallest absolute Gasteiger partial charge is 0.310 e. The highest BCUT2D eigenvalue weighted by molar-refractivity contribution is 5.93. The highest BCUT2D eigenvalue weighted by atomic mass is 19.1.